The van der Waals surface area contributed by atoms with Crippen molar-refractivity contribution < 1.29 is 15.0 Å². The number of aliphatic hydroxyl groups excluding tert-OH is 2. The van der Waals surface area contributed by atoms with Crippen LogP contribution in [-0.4, -0.2) is 34.9 Å². The van der Waals surface area contributed by atoms with Crippen molar-refractivity contribution in [1.29, 1.82) is 0 Å². The van der Waals surface area contributed by atoms with Gasteiger partial charge in [0.1, 0.15) is 0 Å². The van der Waals surface area contributed by atoms with Gasteiger partial charge in [-0.3, -0.25) is 4.79 Å². The third-order valence-corrected chi connectivity index (χ3v) is 13.6. The van der Waals surface area contributed by atoms with Crippen LogP contribution in [0.25, 0.3) is 0 Å². The van der Waals surface area contributed by atoms with Crippen molar-refractivity contribution in [1.82, 2.24) is 5.32 Å². The monoisotopic (exact) mass is 1020 g/mol. The number of allylic oxidation sites excluding steroid dienone is 21. The van der Waals surface area contributed by atoms with Gasteiger partial charge in [0.2, 0.25) is 5.91 Å². The van der Waals surface area contributed by atoms with Crippen LogP contribution in [0.1, 0.15) is 284 Å². The normalized spacial score (nSPS) is 13.7. The molecule has 74 heavy (non-hydrogen) atoms. The lowest BCUT2D eigenvalue weighted by molar-refractivity contribution is -0.123. The van der Waals surface area contributed by atoms with E-state index in [9.17, 15) is 15.0 Å². The van der Waals surface area contributed by atoms with E-state index in [-0.39, 0.29) is 12.5 Å². The molecule has 0 aromatic heterocycles. The van der Waals surface area contributed by atoms with Crippen molar-refractivity contribution in [3.05, 3.63) is 134 Å². The largest absolute Gasteiger partial charge is 0.394 e. The fourth-order valence-corrected chi connectivity index (χ4v) is 8.91. The molecular weight excluding hydrogens is 903 g/mol. The van der Waals surface area contributed by atoms with Crippen LogP contribution in [0.4, 0.5) is 0 Å². The Bertz CT molecular complexity index is 1490. The summed E-state index contributed by atoms with van der Waals surface area (Å²) in [4.78, 5) is 12.5. The molecule has 1 amide bonds. The number of amides is 1. The molecule has 0 bridgehead atoms. The molecule has 0 saturated carbocycles. The Balaban J connectivity index is 3.63. The highest BCUT2D eigenvalue weighted by molar-refractivity contribution is 5.76. The van der Waals surface area contributed by atoms with Gasteiger partial charge in [-0.25, -0.2) is 0 Å². The third-order valence-electron chi connectivity index (χ3n) is 13.6. The Morgan fingerprint density at radius 3 is 0.892 bits per heavy atom. The number of aliphatic hydroxyl groups is 2. The molecule has 0 rings (SSSR count). The van der Waals surface area contributed by atoms with E-state index in [0.29, 0.717) is 6.42 Å². The molecule has 0 aliphatic rings. The summed E-state index contributed by atoms with van der Waals surface area (Å²) in [7, 11) is 0. The fraction of sp³-hybridized carbons (Fsp3) is 0.671. The molecule has 4 nitrogen and oxygen atoms in total. The van der Waals surface area contributed by atoms with E-state index in [1.54, 1.807) is 6.08 Å². The summed E-state index contributed by atoms with van der Waals surface area (Å²) in [6, 6.07) is -0.642. The van der Waals surface area contributed by atoms with E-state index in [1.165, 1.54) is 161 Å². The predicted octanol–water partition coefficient (Wildman–Crippen LogP) is 21.4. The smallest absolute Gasteiger partial charge is 0.220 e. The third kappa shape index (κ3) is 59.4. The maximum absolute atomic E-state index is 12.5. The zero-order chi connectivity index (χ0) is 53.4. The van der Waals surface area contributed by atoms with E-state index < -0.39 is 12.1 Å². The number of hydrogen-bond acceptors (Lipinski definition) is 3. The van der Waals surface area contributed by atoms with Gasteiger partial charge < -0.3 is 15.5 Å². The van der Waals surface area contributed by atoms with Crippen molar-refractivity contribution in [2.45, 2.75) is 296 Å². The van der Waals surface area contributed by atoms with Crippen LogP contribution < -0.4 is 5.32 Å². The molecule has 0 radical (unpaired) electrons. The molecule has 3 N–H and O–H groups in total. The van der Waals surface area contributed by atoms with Crippen LogP contribution in [0.3, 0.4) is 0 Å². The van der Waals surface area contributed by atoms with Gasteiger partial charge in [0.25, 0.3) is 0 Å². The van der Waals surface area contributed by atoms with Crippen LogP contribution in [0.15, 0.2) is 134 Å². The second kappa shape index (κ2) is 63.8. The minimum atomic E-state index is -0.857. The minimum Gasteiger partial charge on any atom is -0.394 e. The molecule has 0 heterocycles. The molecule has 0 fully saturated rings. The number of unbranched alkanes of at least 4 members (excludes halogenated alkanes) is 29. The Hall–Kier alpha value is -3.47. The van der Waals surface area contributed by atoms with E-state index >= 15 is 0 Å². The number of hydrogen-bond donors (Lipinski definition) is 3. The number of nitrogens with one attached hydrogen (secondary N) is 1. The SMILES string of the molecule is CC/C=C\C/C=C\C/C=C\C/C=C\C/C=C\C/C=C\C/C=C\C/C=C\C/C=C\C/C=C\CCCCCCCCC(=O)NC(CO)C(O)/C=C/CCCCCCCCCCCCCCCCCCCCCCCCC. The van der Waals surface area contributed by atoms with E-state index in [4.69, 9.17) is 0 Å². The second-order valence-corrected chi connectivity index (χ2v) is 20.7. The predicted molar refractivity (Wildman–Crippen MR) is 331 cm³/mol. The molecule has 0 aliphatic heterocycles. The summed E-state index contributed by atoms with van der Waals surface area (Å²) in [5.41, 5.74) is 0. The highest BCUT2D eigenvalue weighted by Crippen LogP contribution is 2.16. The molecule has 0 aliphatic carbocycles. The van der Waals surface area contributed by atoms with Crippen LogP contribution in [-0.2, 0) is 4.79 Å². The first-order chi connectivity index (χ1) is 36.7. The van der Waals surface area contributed by atoms with Gasteiger partial charge in [-0.05, 0) is 96.3 Å². The molecule has 2 unspecified atom stereocenters. The molecule has 0 spiro atoms. The summed E-state index contributed by atoms with van der Waals surface area (Å²) < 4.78 is 0. The lowest BCUT2D eigenvalue weighted by Crippen LogP contribution is -2.45. The standard InChI is InChI=1S/C70H119NO3/c1-3-5-7-9-11-13-15-17-19-21-23-25-27-29-30-31-32-33-34-35-36-37-38-39-40-42-44-46-48-50-52-54-56-58-60-62-64-66-70(74)71-68(67-72)69(73)65-63-61-59-57-55-53-51-49-47-45-43-41-28-26-24-22-20-18-16-14-12-10-8-6-4-2/h5,7,11,13,17,19,23,25,29-30,32-33,35-36,38-39,42,44,48,50,63,65,68-69,72-73H,3-4,6,8-10,12,14-16,18,20-22,24,26-28,31,34,37,40-41,43,45-47,49,51-62,64,66-67H2,1-2H3,(H,71,74)/b7-5-,13-11-,19-17-,25-23-,30-29-,33-32-,36-35-,39-38-,44-42-,50-48-,65-63+. The molecule has 0 aromatic rings. The first kappa shape index (κ1) is 70.5. The van der Waals surface area contributed by atoms with E-state index in [1.807, 2.05) is 6.08 Å². The highest BCUT2D eigenvalue weighted by Gasteiger charge is 2.18. The van der Waals surface area contributed by atoms with Gasteiger partial charge in [-0.15, -0.1) is 0 Å². The fourth-order valence-electron chi connectivity index (χ4n) is 8.91. The molecule has 4 heteroatoms. The Morgan fingerprint density at radius 1 is 0.338 bits per heavy atom. The van der Waals surface area contributed by atoms with Crippen molar-refractivity contribution in [2.24, 2.45) is 0 Å². The lowest BCUT2D eigenvalue weighted by atomic mass is 10.0. The first-order valence-corrected chi connectivity index (χ1v) is 31.4. The van der Waals surface area contributed by atoms with Crippen LogP contribution >= 0.6 is 0 Å². The van der Waals surface area contributed by atoms with Gasteiger partial charge >= 0.3 is 0 Å². The lowest BCUT2D eigenvalue weighted by Gasteiger charge is -2.20. The Labute approximate surface area is 460 Å². The van der Waals surface area contributed by atoms with Gasteiger partial charge in [0.05, 0.1) is 18.8 Å². The number of carbonyl (C=O) groups excluding carboxylic acids is 1. The van der Waals surface area contributed by atoms with Crippen molar-refractivity contribution >= 4 is 5.91 Å². The van der Waals surface area contributed by atoms with E-state index in [0.717, 1.165) is 103 Å². The zero-order valence-corrected chi connectivity index (χ0v) is 48.6. The topological polar surface area (TPSA) is 69.6 Å². The number of carbonyl (C=O) groups is 1. The summed E-state index contributed by atoms with van der Waals surface area (Å²) in [5.74, 6) is -0.0814. The molecule has 0 saturated heterocycles. The maximum atomic E-state index is 12.5. The summed E-state index contributed by atoms with van der Waals surface area (Å²) >= 11 is 0. The summed E-state index contributed by atoms with van der Waals surface area (Å²) in [6.45, 7) is 4.20. The van der Waals surface area contributed by atoms with E-state index in [2.05, 4.69) is 141 Å². The molecule has 2 atom stereocenters. The van der Waals surface area contributed by atoms with Crippen LogP contribution in [0, 0.1) is 0 Å². The minimum absolute atomic E-state index is 0.0814. The number of rotatable bonds is 56. The Kier molecular flexibility index (Phi) is 60.8. The van der Waals surface area contributed by atoms with Crippen molar-refractivity contribution in [3.8, 4) is 0 Å². The average molecular weight is 1020 g/mol. The van der Waals surface area contributed by atoms with Gasteiger partial charge in [-0.1, -0.05) is 314 Å². The average Bonchev–Trinajstić information content (AvgIpc) is 3.40. The van der Waals surface area contributed by atoms with Crippen LogP contribution in [0.2, 0.25) is 0 Å². The quantitative estimate of drug-likeness (QED) is 0.0420. The molecule has 422 valence electrons. The molecular formula is C70H119NO3. The van der Waals surface area contributed by atoms with Crippen molar-refractivity contribution in [2.75, 3.05) is 6.61 Å². The van der Waals surface area contributed by atoms with Gasteiger partial charge in [0, 0.05) is 6.42 Å². The van der Waals surface area contributed by atoms with Gasteiger partial charge in [-0.2, -0.15) is 0 Å². The second-order valence-electron chi connectivity index (χ2n) is 20.7. The van der Waals surface area contributed by atoms with Crippen molar-refractivity contribution in [3.63, 3.8) is 0 Å². The zero-order valence-electron chi connectivity index (χ0n) is 48.6. The maximum Gasteiger partial charge on any atom is 0.220 e. The highest BCUT2D eigenvalue weighted by atomic mass is 16.3. The first-order valence-electron chi connectivity index (χ1n) is 31.4. The summed E-state index contributed by atoms with van der Waals surface area (Å²) in [5, 5.41) is 23.2. The summed E-state index contributed by atoms with van der Waals surface area (Å²) in [6.07, 6.45) is 99.1. The van der Waals surface area contributed by atoms with Gasteiger partial charge in [0.15, 0.2) is 0 Å². The van der Waals surface area contributed by atoms with Crippen LogP contribution in [0.5, 0.6) is 0 Å². The molecule has 0 aromatic carbocycles. The Morgan fingerprint density at radius 2 is 0.595 bits per heavy atom.